The van der Waals surface area contributed by atoms with E-state index in [-0.39, 0.29) is 34.9 Å². The van der Waals surface area contributed by atoms with Gasteiger partial charge in [0.2, 0.25) is 0 Å². The number of carbonyl (C=O) groups is 1. The Hall–Kier alpha value is -1.69. The topological polar surface area (TPSA) is 64.3 Å². The standard InChI is InChI=1S/C14H19FN2O2S/c1-3-9(4-2)17-13(18)8-19-10-5-6-11(14(16)20)12(15)7-10/h5-7,9H,3-4,8H2,1-2H3,(H2,16,20)(H,17,18). The zero-order valence-electron chi connectivity index (χ0n) is 11.6. The van der Waals surface area contributed by atoms with Crippen molar-refractivity contribution in [1.29, 1.82) is 0 Å². The third-order valence-corrected chi connectivity index (χ3v) is 3.15. The molecule has 0 saturated carbocycles. The number of carbonyl (C=O) groups excluding carboxylic acids is 1. The van der Waals surface area contributed by atoms with E-state index in [1.807, 2.05) is 13.8 Å². The second-order valence-electron chi connectivity index (χ2n) is 4.38. The number of ether oxygens (including phenoxy) is 1. The van der Waals surface area contributed by atoms with Gasteiger partial charge in [-0.25, -0.2) is 4.39 Å². The Labute approximate surface area is 123 Å². The monoisotopic (exact) mass is 298 g/mol. The second kappa shape index (κ2) is 7.79. The molecule has 0 radical (unpaired) electrons. The fourth-order valence-corrected chi connectivity index (χ4v) is 1.86. The van der Waals surface area contributed by atoms with E-state index in [1.54, 1.807) is 0 Å². The van der Waals surface area contributed by atoms with Gasteiger partial charge in [0.05, 0.1) is 0 Å². The van der Waals surface area contributed by atoms with Crippen LogP contribution in [-0.2, 0) is 4.79 Å². The number of benzene rings is 1. The van der Waals surface area contributed by atoms with Crippen molar-refractivity contribution in [1.82, 2.24) is 5.32 Å². The molecule has 0 aliphatic heterocycles. The summed E-state index contributed by atoms with van der Waals surface area (Å²) in [4.78, 5) is 11.6. The van der Waals surface area contributed by atoms with Gasteiger partial charge < -0.3 is 15.8 Å². The maximum absolute atomic E-state index is 13.6. The molecule has 0 aliphatic carbocycles. The number of thiocarbonyl (C=S) groups is 1. The van der Waals surface area contributed by atoms with Crippen molar-refractivity contribution in [3.05, 3.63) is 29.6 Å². The first-order valence-corrected chi connectivity index (χ1v) is 6.90. The fraction of sp³-hybridized carbons (Fsp3) is 0.429. The molecule has 20 heavy (non-hydrogen) atoms. The number of hydrogen-bond donors (Lipinski definition) is 2. The number of amides is 1. The highest BCUT2D eigenvalue weighted by molar-refractivity contribution is 7.80. The Kier molecular flexibility index (Phi) is 6.38. The third-order valence-electron chi connectivity index (χ3n) is 2.93. The lowest BCUT2D eigenvalue weighted by molar-refractivity contribution is -0.123. The molecule has 0 bridgehead atoms. The lowest BCUT2D eigenvalue weighted by Crippen LogP contribution is -2.37. The largest absolute Gasteiger partial charge is 0.484 e. The van der Waals surface area contributed by atoms with Gasteiger partial charge in [-0.05, 0) is 25.0 Å². The molecule has 0 saturated heterocycles. The van der Waals surface area contributed by atoms with Crippen LogP contribution in [0.3, 0.4) is 0 Å². The third kappa shape index (κ3) is 4.77. The van der Waals surface area contributed by atoms with Gasteiger partial charge in [0, 0.05) is 17.7 Å². The van der Waals surface area contributed by atoms with Gasteiger partial charge in [-0.3, -0.25) is 4.79 Å². The van der Waals surface area contributed by atoms with Crippen molar-refractivity contribution < 1.29 is 13.9 Å². The average Bonchev–Trinajstić information content (AvgIpc) is 2.42. The highest BCUT2D eigenvalue weighted by atomic mass is 32.1. The predicted molar refractivity (Wildman–Crippen MR) is 80.3 cm³/mol. The normalized spacial score (nSPS) is 10.4. The van der Waals surface area contributed by atoms with E-state index in [2.05, 4.69) is 5.32 Å². The van der Waals surface area contributed by atoms with Crippen LogP contribution in [0.25, 0.3) is 0 Å². The van der Waals surface area contributed by atoms with Crippen molar-refractivity contribution >= 4 is 23.1 Å². The first kappa shape index (κ1) is 16.4. The van der Waals surface area contributed by atoms with Crippen LogP contribution in [0.15, 0.2) is 18.2 Å². The summed E-state index contributed by atoms with van der Waals surface area (Å²) in [6.07, 6.45) is 1.72. The number of nitrogens with two attached hydrogens (primary N) is 1. The van der Waals surface area contributed by atoms with Gasteiger partial charge in [0.1, 0.15) is 16.6 Å². The summed E-state index contributed by atoms with van der Waals surface area (Å²) >= 11 is 4.71. The van der Waals surface area contributed by atoms with E-state index < -0.39 is 5.82 Å². The van der Waals surface area contributed by atoms with Gasteiger partial charge in [0.25, 0.3) is 5.91 Å². The quantitative estimate of drug-likeness (QED) is 0.757. The van der Waals surface area contributed by atoms with Crippen LogP contribution >= 0.6 is 12.2 Å². The predicted octanol–water partition coefficient (Wildman–Crippen LogP) is 2.14. The van der Waals surface area contributed by atoms with Crippen molar-refractivity contribution in [2.45, 2.75) is 32.7 Å². The number of rotatable bonds is 7. The maximum Gasteiger partial charge on any atom is 0.258 e. The molecule has 0 unspecified atom stereocenters. The number of nitrogens with one attached hydrogen (secondary N) is 1. The summed E-state index contributed by atoms with van der Waals surface area (Å²) in [5, 5.41) is 2.83. The van der Waals surface area contributed by atoms with E-state index in [1.165, 1.54) is 18.2 Å². The zero-order chi connectivity index (χ0) is 15.1. The Bertz CT molecular complexity index is 490. The molecule has 1 amide bonds. The van der Waals surface area contributed by atoms with Crippen LogP contribution in [0.4, 0.5) is 4.39 Å². The molecule has 0 spiro atoms. The molecule has 4 nitrogen and oxygen atoms in total. The van der Waals surface area contributed by atoms with E-state index >= 15 is 0 Å². The lowest BCUT2D eigenvalue weighted by Gasteiger charge is -2.15. The molecule has 0 aliphatic rings. The summed E-state index contributed by atoms with van der Waals surface area (Å²) in [5.74, 6) is -0.518. The van der Waals surface area contributed by atoms with Crippen LogP contribution in [0, 0.1) is 5.82 Å². The van der Waals surface area contributed by atoms with Gasteiger partial charge in [0.15, 0.2) is 6.61 Å². The first-order valence-electron chi connectivity index (χ1n) is 6.49. The minimum absolute atomic E-state index is 0.0134. The molecule has 1 aromatic rings. The molecule has 110 valence electrons. The first-order chi connectivity index (χ1) is 9.47. The molecule has 0 fully saturated rings. The summed E-state index contributed by atoms with van der Waals surface area (Å²) in [6.45, 7) is 3.85. The molecule has 3 N–H and O–H groups in total. The summed E-state index contributed by atoms with van der Waals surface area (Å²) in [6, 6.07) is 4.27. The van der Waals surface area contributed by atoms with Crippen LogP contribution in [0.1, 0.15) is 32.3 Å². The number of hydrogen-bond acceptors (Lipinski definition) is 3. The molecule has 0 atom stereocenters. The summed E-state index contributed by atoms with van der Waals surface area (Å²) in [7, 11) is 0. The van der Waals surface area contributed by atoms with Crippen molar-refractivity contribution in [3.63, 3.8) is 0 Å². The average molecular weight is 298 g/mol. The minimum Gasteiger partial charge on any atom is -0.484 e. The van der Waals surface area contributed by atoms with Gasteiger partial charge in [-0.15, -0.1) is 0 Å². The molecule has 0 heterocycles. The van der Waals surface area contributed by atoms with Gasteiger partial charge in [-0.2, -0.15) is 0 Å². The van der Waals surface area contributed by atoms with E-state index in [0.717, 1.165) is 12.8 Å². The molecule has 0 aromatic heterocycles. The van der Waals surface area contributed by atoms with Crippen molar-refractivity contribution in [2.75, 3.05) is 6.61 Å². The minimum atomic E-state index is -0.560. The smallest absolute Gasteiger partial charge is 0.258 e. The van der Waals surface area contributed by atoms with Crippen LogP contribution in [0.5, 0.6) is 5.75 Å². The highest BCUT2D eigenvalue weighted by Gasteiger charge is 2.10. The molecule has 1 aromatic carbocycles. The Morgan fingerprint density at radius 2 is 2.10 bits per heavy atom. The SMILES string of the molecule is CCC(CC)NC(=O)COc1ccc(C(N)=S)c(F)c1. The van der Waals surface area contributed by atoms with Gasteiger partial charge >= 0.3 is 0 Å². The molecular weight excluding hydrogens is 279 g/mol. The summed E-state index contributed by atoms with van der Waals surface area (Å²) < 4.78 is 18.8. The molecule has 1 rings (SSSR count). The Morgan fingerprint density at radius 3 is 2.60 bits per heavy atom. The van der Waals surface area contributed by atoms with Crippen LogP contribution in [-0.4, -0.2) is 23.5 Å². The zero-order valence-corrected chi connectivity index (χ0v) is 12.4. The van der Waals surface area contributed by atoms with Crippen LogP contribution in [0.2, 0.25) is 0 Å². The van der Waals surface area contributed by atoms with E-state index in [9.17, 15) is 9.18 Å². The van der Waals surface area contributed by atoms with E-state index in [0.29, 0.717) is 0 Å². The Balaban J connectivity index is 2.56. The Morgan fingerprint density at radius 1 is 1.45 bits per heavy atom. The number of halogens is 1. The highest BCUT2D eigenvalue weighted by Crippen LogP contribution is 2.16. The summed E-state index contributed by atoms with van der Waals surface area (Å²) in [5.41, 5.74) is 5.52. The van der Waals surface area contributed by atoms with E-state index in [4.69, 9.17) is 22.7 Å². The molecular formula is C14H19FN2O2S. The van der Waals surface area contributed by atoms with Crippen molar-refractivity contribution in [2.24, 2.45) is 5.73 Å². The van der Waals surface area contributed by atoms with Crippen molar-refractivity contribution in [3.8, 4) is 5.75 Å². The lowest BCUT2D eigenvalue weighted by atomic mass is 10.2. The van der Waals surface area contributed by atoms with Crippen LogP contribution < -0.4 is 15.8 Å². The molecule has 6 heteroatoms. The fourth-order valence-electron chi connectivity index (χ4n) is 1.70. The second-order valence-corrected chi connectivity index (χ2v) is 4.82. The maximum atomic E-state index is 13.6. The van der Waals surface area contributed by atoms with Gasteiger partial charge in [-0.1, -0.05) is 26.1 Å².